The van der Waals surface area contributed by atoms with Crippen molar-refractivity contribution in [1.29, 1.82) is 0 Å². The number of hydrogen-bond acceptors (Lipinski definition) is 3. The van der Waals surface area contributed by atoms with E-state index in [1.807, 2.05) is 55.5 Å². The molecule has 0 aliphatic heterocycles. The van der Waals surface area contributed by atoms with Gasteiger partial charge in [0.15, 0.2) is 0 Å². The lowest BCUT2D eigenvalue weighted by Crippen LogP contribution is -2.22. The van der Waals surface area contributed by atoms with Crippen LogP contribution in [0.4, 0.5) is 5.69 Å². The molecule has 3 nitrogen and oxygen atoms in total. The quantitative estimate of drug-likeness (QED) is 0.864. The van der Waals surface area contributed by atoms with Crippen LogP contribution in [0, 0.1) is 0 Å². The standard InChI is InChI=1S/C16H18ClNO2/c1-12(20-16-6-4-3-5-15(16)17)11-18-13-7-9-14(19-2)10-8-13/h3-10,12,18H,11H2,1-2H3. The number of benzene rings is 2. The van der Waals surface area contributed by atoms with Crippen LogP contribution in [0.1, 0.15) is 6.92 Å². The fourth-order valence-electron chi connectivity index (χ4n) is 1.77. The van der Waals surface area contributed by atoms with Crippen LogP contribution in [0.3, 0.4) is 0 Å². The minimum absolute atomic E-state index is 0.0111. The van der Waals surface area contributed by atoms with Crippen molar-refractivity contribution in [3.8, 4) is 11.5 Å². The van der Waals surface area contributed by atoms with Crippen molar-refractivity contribution in [2.75, 3.05) is 19.0 Å². The summed E-state index contributed by atoms with van der Waals surface area (Å²) in [5.74, 6) is 1.55. The smallest absolute Gasteiger partial charge is 0.138 e. The van der Waals surface area contributed by atoms with Crippen molar-refractivity contribution < 1.29 is 9.47 Å². The summed E-state index contributed by atoms with van der Waals surface area (Å²) in [7, 11) is 1.65. The molecular weight excluding hydrogens is 274 g/mol. The second-order valence-corrected chi connectivity index (χ2v) is 4.88. The minimum Gasteiger partial charge on any atom is -0.497 e. The Morgan fingerprint density at radius 2 is 1.80 bits per heavy atom. The van der Waals surface area contributed by atoms with Crippen molar-refractivity contribution >= 4 is 17.3 Å². The second-order valence-electron chi connectivity index (χ2n) is 4.47. The van der Waals surface area contributed by atoms with Crippen LogP contribution < -0.4 is 14.8 Å². The van der Waals surface area contributed by atoms with Gasteiger partial charge in [-0.25, -0.2) is 0 Å². The molecule has 2 aromatic rings. The van der Waals surface area contributed by atoms with Gasteiger partial charge in [-0.1, -0.05) is 23.7 Å². The molecule has 4 heteroatoms. The summed E-state index contributed by atoms with van der Waals surface area (Å²) in [5.41, 5.74) is 1.03. The first-order valence-electron chi connectivity index (χ1n) is 6.48. The SMILES string of the molecule is COc1ccc(NCC(C)Oc2ccccc2Cl)cc1. The van der Waals surface area contributed by atoms with E-state index in [2.05, 4.69) is 5.32 Å². The van der Waals surface area contributed by atoms with E-state index in [-0.39, 0.29) is 6.10 Å². The summed E-state index contributed by atoms with van der Waals surface area (Å²) in [6.45, 7) is 2.69. The largest absolute Gasteiger partial charge is 0.497 e. The Hall–Kier alpha value is -1.87. The molecule has 0 heterocycles. The number of methoxy groups -OCH3 is 1. The molecule has 2 aromatic carbocycles. The van der Waals surface area contributed by atoms with Gasteiger partial charge < -0.3 is 14.8 Å². The predicted octanol–water partition coefficient (Wildman–Crippen LogP) is 4.23. The maximum absolute atomic E-state index is 6.06. The Morgan fingerprint density at radius 3 is 2.45 bits per heavy atom. The molecule has 0 aliphatic rings. The third kappa shape index (κ3) is 4.07. The van der Waals surface area contributed by atoms with Gasteiger partial charge in [0.1, 0.15) is 17.6 Å². The van der Waals surface area contributed by atoms with E-state index < -0.39 is 0 Å². The van der Waals surface area contributed by atoms with Crippen LogP contribution in [-0.2, 0) is 0 Å². The Bertz CT molecular complexity index is 542. The summed E-state index contributed by atoms with van der Waals surface area (Å²) < 4.78 is 10.9. The summed E-state index contributed by atoms with van der Waals surface area (Å²) in [6.07, 6.45) is 0.0111. The van der Waals surface area contributed by atoms with E-state index in [4.69, 9.17) is 21.1 Å². The Morgan fingerprint density at radius 1 is 1.10 bits per heavy atom. The van der Waals surface area contributed by atoms with Gasteiger partial charge >= 0.3 is 0 Å². The lowest BCUT2D eigenvalue weighted by Gasteiger charge is -2.17. The molecule has 0 aliphatic carbocycles. The number of rotatable bonds is 6. The van der Waals surface area contributed by atoms with Crippen molar-refractivity contribution in [1.82, 2.24) is 0 Å². The van der Waals surface area contributed by atoms with Crippen molar-refractivity contribution in [2.45, 2.75) is 13.0 Å². The molecular formula is C16H18ClNO2. The number of halogens is 1. The lowest BCUT2D eigenvalue weighted by molar-refractivity contribution is 0.235. The summed E-state index contributed by atoms with van der Waals surface area (Å²) in [5, 5.41) is 3.94. The molecule has 0 aromatic heterocycles. The van der Waals surface area contributed by atoms with Gasteiger partial charge in [-0.05, 0) is 43.3 Å². The Balaban J connectivity index is 1.85. The van der Waals surface area contributed by atoms with Gasteiger partial charge in [-0.3, -0.25) is 0 Å². The molecule has 1 atom stereocenters. The third-order valence-corrected chi connectivity index (χ3v) is 3.16. The topological polar surface area (TPSA) is 30.5 Å². The van der Waals surface area contributed by atoms with Crippen LogP contribution in [0.2, 0.25) is 5.02 Å². The first kappa shape index (κ1) is 14.5. The molecule has 1 unspecified atom stereocenters. The average molecular weight is 292 g/mol. The molecule has 0 fully saturated rings. The average Bonchev–Trinajstić information content (AvgIpc) is 2.48. The van der Waals surface area contributed by atoms with Crippen LogP contribution in [0.5, 0.6) is 11.5 Å². The first-order chi connectivity index (χ1) is 9.69. The highest BCUT2D eigenvalue weighted by Crippen LogP contribution is 2.24. The van der Waals surface area contributed by atoms with E-state index in [0.717, 1.165) is 11.4 Å². The summed E-state index contributed by atoms with van der Waals surface area (Å²) in [4.78, 5) is 0. The fourth-order valence-corrected chi connectivity index (χ4v) is 1.95. The van der Waals surface area contributed by atoms with Crippen LogP contribution in [0.15, 0.2) is 48.5 Å². The zero-order valence-corrected chi connectivity index (χ0v) is 12.4. The fraction of sp³-hybridized carbons (Fsp3) is 0.250. The van der Waals surface area contributed by atoms with E-state index in [9.17, 15) is 0 Å². The Kier molecular flexibility index (Phi) is 5.13. The van der Waals surface area contributed by atoms with Crippen LogP contribution in [-0.4, -0.2) is 19.8 Å². The predicted molar refractivity (Wildman–Crippen MR) is 83.0 cm³/mol. The van der Waals surface area contributed by atoms with Crippen molar-refractivity contribution in [2.24, 2.45) is 0 Å². The summed E-state index contributed by atoms with van der Waals surface area (Å²) in [6, 6.07) is 15.3. The minimum atomic E-state index is 0.0111. The van der Waals surface area contributed by atoms with Gasteiger partial charge in [0, 0.05) is 5.69 Å². The zero-order valence-electron chi connectivity index (χ0n) is 11.6. The molecule has 0 saturated carbocycles. The molecule has 0 spiro atoms. The Labute approximate surface area is 124 Å². The maximum atomic E-state index is 6.06. The lowest BCUT2D eigenvalue weighted by atomic mass is 10.3. The van der Waals surface area contributed by atoms with E-state index in [1.165, 1.54) is 0 Å². The molecule has 20 heavy (non-hydrogen) atoms. The van der Waals surface area contributed by atoms with Crippen LogP contribution >= 0.6 is 11.6 Å². The molecule has 106 valence electrons. The molecule has 2 rings (SSSR count). The molecule has 0 radical (unpaired) electrons. The maximum Gasteiger partial charge on any atom is 0.138 e. The monoisotopic (exact) mass is 291 g/mol. The number of hydrogen-bond donors (Lipinski definition) is 1. The van der Waals surface area contributed by atoms with E-state index in [1.54, 1.807) is 7.11 Å². The van der Waals surface area contributed by atoms with E-state index >= 15 is 0 Å². The van der Waals surface area contributed by atoms with Crippen molar-refractivity contribution in [3.05, 3.63) is 53.6 Å². The zero-order chi connectivity index (χ0) is 14.4. The third-order valence-electron chi connectivity index (χ3n) is 2.85. The van der Waals surface area contributed by atoms with Crippen molar-refractivity contribution in [3.63, 3.8) is 0 Å². The molecule has 0 amide bonds. The number of nitrogens with one attached hydrogen (secondary N) is 1. The van der Waals surface area contributed by atoms with E-state index in [0.29, 0.717) is 17.3 Å². The van der Waals surface area contributed by atoms with Gasteiger partial charge in [0.25, 0.3) is 0 Å². The highest BCUT2D eigenvalue weighted by molar-refractivity contribution is 6.32. The molecule has 1 N–H and O–H groups in total. The molecule has 0 bridgehead atoms. The van der Waals surface area contributed by atoms with Crippen LogP contribution in [0.25, 0.3) is 0 Å². The highest BCUT2D eigenvalue weighted by atomic mass is 35.5. The van der Waals surface area contributed by atoms with Gasteiger partial charge in [-0.15, -0.1) is 0 Å². The normalized spacial score (nSPS) is 11.8. The van der Waals surface area contributed by atoms with Gasteiger partial charge in [0.2, 0.25) is 0 Å². The van der Waals surface area contributed by atoms with Gasteiger partial charge in [-0.2, -0.15) is 0 Å². The second kappa shape index (κ2) is 7.06. The number of anilines is 1. The van der Waals surface area contributed by atoms with Gasteiger partial charge in [0.05, 0.1) is 18.7 Å². The molecule has 0 saturated heterocycles. The summed E-state index contributed by atoms with van der Waals surface area (Å²) >= 11 is 6.06. The number of ether oxygens (including phenoxy) is 2. The highest BCUT2D eigenvalue weighted by Gasteiger charge is 2.06. The number of para-hydroxylation sites is 1. The first-order valence-corrected chi connectivity index (χ1v) is 6.86.